The summed E-state index contributed by atoms with van der Waals surface area (Å²) in [7, 11) is 0. The van der Waals surface area contributed by atoms with E-state index < -0.39 is 5.41 Å². The normalized spacial score (nSPS) is 21.2. The van der Waals surface area contributed by atoms with E-state index in [4.69, 9.17) is 11.7 Å². The first-order valence-corrected chi connectivity index (χ1v) is 5.36. The number of rotatable bonds is 4. The second-order valence-electron chi connectivity index (χ2n) is 4.53. The lowest BCUT2D eigenvalue weighted by atomic mass is 10.1. The van der Waals surface area contributed by atoms with Gasteiger partial charge in [0, 0.05) is 6.54 Å². The number of nitrogens with zero attached hydrogens (tertiary/aromatic N) is 2. The van der Waals surface area contributed by atoms with Crippen molar-refractivity contribution in [1.29, 1.82) is 5.26 Å². The molecule has 0 aromatic carbocycles. The van der Waals surface area contributed by atoms with Gasteiger partial charge in [-0.25, -0.2) is 0 Å². The highest BCUT2D eigenvalue weighted by molar-refractivity contribution is 5.88. The molecule has 0 aliphatic heterocycles. The summed E-state index contributed by atoms with van der Waals surface area (Å²) < 4.78 is 0. The van der Waals surface area contributed by atoms with Crippen molar-refractivity contribution in [3.8, 4) is 18.4 Å². The number of hydrogen-bond donors (Lipinski definition) is 0. The van der Waals surface area contributed by atoms with E-state index in [1.165, 1.54) is 12.8 Å². The summed E-state index contributed by atoms with van der Waals surface area (Å²) in [5.74, 6) is 3.08. The zero-order valence-corrected chi connectivity index (χ0v) is 8.70. The summed E-state index contributed by atoms with van der Waals surface area (Å²) in [6, 6.07) is 2.12. The van der Waals surface area contributed by atoms with Crippen molar-refractivity contribution >= 4 is 5.91 Å². The highest BCUT2D eigenvalue weighted by Crippen LogP contribution is 2.47. The molecule has 3 heteroatoms. The Hall–Kier alpha value is -1.48. The molecule has 0 bridgehead atoms. The zero-order chi connectivity index (χ0) is 10.9. The maximum absolute atomic E-state index is 12.0. The maximum atomic E-state index is 12.0. The fourth-order valence-corrected chi connectivity index (χ4v) is 1.74. The van der Waals surface area contributed by atoms with Crippen LogP contribution in [0.25, 0.3) is 0 Å². The molecule has 2 aliphatic carbocycles. The van der Waals surface area contributed by atoms with Crippen LogP contribution < -0.4 is 0 Å². The molecule has 0 spiro atoms. The minimum Gasteiger partial charge on any atom is -0.330 e. The van der Waals surface area contributed by atoms with Gasteiger partial charge < -0.3 is 4.90 Å². The van der Waals surface area contributed by atoms with Gasteiger partial charge in [0.05, 0.1) is 12.6 Å². The van der Waals surface area contributed by atoms with Crippen molar-refractivity contribution in [1.82, 2.24) is 4.90 Å². The van der Waals surface area contributed by atoms with Crippen LogP contribution in [-0.4, -0.2) is 23.9 Å². The smallest absolute Gasteiger partial charge is 0.243 e. The van der Waals surface area contributed by atoms with E-state index in [-0.39, 0.29) is 5.91 Å². The summed E-state index contributed by atoms with van der Waals surface area (Å²) in [6.07, 6.45) is 9.02. The molecule has 0 atom stereocenters. The predicted octanol–water partition coefficient (Wildman–Crippen LogP) is 1.16. The van der Waals surface area contributed by atoms with Crippen LogP contribution in [0.2, 0.25) is 0 Å². The van der Waals surface area contributed by atoms with Gasteiger partial charge in [0.1, 0.15) is 5.41 Å². The average molecular weight is 202 g/mol. The summed E-state index contributed by atoms with van der Waals surface area (Å²) in [6.45, 7) is 1.09. The second kappa shape index (κ2) is 3.59. The Labute approximate surface area is 90.1 Å². The number of carbonyl (C=O) groups is 1. The Morgan fingerprint density at radius 3 is 2.60 bits per heavy atom. The van der Waals surface area contributed by atoms with Crippen LogP contribution in [0.3, 0.4) is 0 Å². The van der Waals surface area contributed by atoms with Crippen LogP contribution in [0.15, 0.2) is 0 Å². The predicted molar refractivity (Wildman–Crippen MR) is 55.4 cm³/mol. The molecule has 0 radical (unpaired) electrons. The number of amides is 1. The summed E-state index contributed by atoms with van der Waals surface area (Å²) in [5.41, 5.74) is -0.717. The highest BCUT2D eigenvalue weighted by atomic mass is 16.2. The van der Waals surface area contributed by atoms with E-state index in [2.05, 4.69) is 12.0 Å². The number of carbonyl (C=O) groups excluding carboxylic acids is 1. The Balaban J connectivity index is 2.00. The quantitative estimate of drug-likeness (QED) is 0.642. The monoisotopic (exact) mass is 202 g/mol. The first-order valence-electron chi connectivity index (χ1n) is 5.36. The van der Waals surface area contributed by atoms with Gasteiger partial charge in [-0.3, -0.25) is 4.79 Å². The topological polar surface area (TPSA) is 44.1 Å². The molecule has 2 saturated carbocycles. The number of nitriles is 1. The van der Waals surface area contributed by atoms with Crippen LogP contribution in [0, 0.1) is 35.0 Å². The lowest BCUT2D eigenvalue weighted by molar-refractivity contribution is -0.134. The van der Waals surface area contributed by atoms with Crippen molar-refractivity contribution in [3.05, 3.63) is 0 Å². The third-order valence-corrected chi connectivity index (χ3v) is 3.12. The Morgan fingerprint density at radius 1 is 1.53 bits per heavy atom. The third-order valence-electron chi connectivity index (χ3n) is 3.12. The van der Waals surface area contributed by atoms with Crippen LogP contribution in [0.4, 0.5) is 0 Å². The molecular weight excluding hydrogens is 188 g/mol. The third kappa shape index (κ3) is 1.97. The molecule has 3 nitrogen and oxygen atoms in total. The van der Waals surface area contributed by atoms with E-state index in [0.29, 0.717) is 25.3 Å². The Kier molecular flexibility index (Phi) is 2.40. The second-order valence-corrected chi connectivity index (χ2v) is 4.53. The van der Waals surface area contributed by atoms with Gasteiger partial charge in [0.2, 0.25) is 5.91 Å². The SMILES string of the molecule is C#CCN(CC1CC1)C(=O)C1(C#N)CC1. The van der Waals surface area contributed by atoms with E-state index in [1.54, 1.807) is 4.90 Å². The van der Waals surface area contributed by atoms with Gasteiger partial charge in [-0.2, -0.15) is 5.26 Å². The molecular formula is C12H14N2O. The van der Waals surface area contributed by atoms with Crippen LogP contribution in [0.5, 0.6) is 0 Å². The fourth-order valence-electron chi connectivity index (χ4n) is 1.74. The van der Waals surface area contributed by atoms with Crippen molar-refractivity contribution in [2.45, 2.75) is 25.7 Å². The highest BCUT2D eigenvalue weighted by Gasteiger charge is 2.52. The molecule has 15 heavy (non-hydrogen) atoms. The largest absolute Gasteiger partial charge is 0.330 e. The minimum absolute atomic E-state index is 0.0464. The van der Waals surface area contributed by atoms with Crippen molar-refractivity contribution in [2.75, 3.05) is 13.1 Å². The van der Waals surface area contributed by atoms with Gasteiger partial charge in [-0.1, -0.05) is 5.92 Å². The summed E-state index contributed by atoms with van der Waals surface area (Å²) in [5, 5.41) is 8.94. The van der Waals surface area contributed by atoms with Crippen molar-refractivity contribution in [2.24, 2.45) is 11.3 Å². The summed E-state index contributed by atoms with van der Waals surface area (Å²) >= 11 is 0. The molecule has 0 aromatic heterocycles. The van der Waals surface area contributed by atoms with E-state index in [9.17, 15) is 4.79 Å². The molecule has 1 amide bonds. The van der Waals surface area contributed by atoms with Crippen LogP contribution in [-0.2, 0) is 4.79 Å². The number of hydrogen-bond acceptors (Lipinski definition) is 2. The average Bonchev–Trinajstić information content (AvgIpc) is 3.12. The first kappa shape index (κ1) is 10.1. The Morgan fingerprint density at radius 2 is 2.20 bits per heavy atom. The lowest BCUT2D eigenvalue weighted by Gasteiger charge is -2.22. The molecule has 78 valence electrons. The maximum Gasteiger partial charge on any atom is 0.243 e. The molecule has 0 saturated heterocycles. The standard InChI is InChI=1S/C12H14N2O/c1-2-7-14(8-10-3-4-10)11(15)12(9-13)5-6-12/h1,10H,3-8H2. The van der Waals surface area contributed by atoms with E-state index in [1.807, 2.05) is 0 Å². The van der Waals surface area contributed by atoms with Crippen molar-refractivity contribution < 1.29 is 4.79 Å². The molecule has 2 aliphatic rings. The first-order chi connectivity index (χ1) is 7.22. The fraction of sp³-hybridized carbons (Fsp3) is 0.667. The molecule has 0 unspecified atom stereocenters. The molecule has 0 heterocycles. The lowest BCUT2D eigenvalue weighted by Crippen LogP contribution is -2.38. The Bertz CT molecular complexity index is 353. The molecule has 0 N–H and O–H groups in total. The van der Waals surface area contributed by atoms with Crippen LogP contribution >= 0.6 is 0 Å². The molecule has 0 aromatic rings. The molecule has 2 fully saturated rings. The van der Waals surface area contributed by atoms with Gasteiger partial charge in [0.15, 0.2) is 0 Å². The van der Waals surface area contributed by atoms with Gasteiger partial charge in [-0.15, -0.1) is 6.42 Å². The zero-order valence-electron chi connectivity index (χ0n) is 8.70. The minimum atomic E-state index is -0.717. The number of terminal acetylenes is 1. The summed E-state index contributed by atoms with van der Waals surface area (Å²) in [4.78, 5) is 13.7. The van der Waals surface area contributed by atoms with Crippen LogP contribution in [0.1, 0.15) is 25.7 Å². The van der Waals surface area contributed by atoms with E-state index in [0.717, 1.165) is 6.54 Å². The van der Waals surface area contributed by atoms with Crippen molar-refractivity contribution in [3.63, 3.8) is 0 Å². The van der Waals surface area contributed by atoms with Gasteiger partial charge in [-0.05, 0) is 31.6 Å². The van der Waals surface area contributed by atoms with Gasteiger partial charge >= 0.3 is 0 Å². The molecule has 2 rings (SSSR count). The van der Waals surface area contributed by atoms with E-state index >= 15 is 0 Å². The van der Waals surface area contributed by atoms with Gasteiger partial charge in [0.25, 0.3) is 0 Å².